The van der Waals surface area contributed by atoms with E-state index in [-0.39, 0.29) is 6.10 Å². The minimum absolute atomic E-state index is 0.0185. The second-order valence-corrected chi connectivity index (χ2v) is 4.91. The Morgan fingerprint density at radius 3 is 2.76 bits per heavy atom. The molecule has 1 saturated carbocycles. The van der Waals surface area contributed by atoms with Crippen LogP contribution in [0.3, 0.4) is 0 Å². The number of rotatable bonds is 6. The maximum atomic E-state index is 10.2. The number of hydrogen-bond acceptors (Lipinski definition) is 3. The summed E-state index contributed by atoms with van der Waals surface area (Å²) in [5.41, 5.74) is 2.16. The van der Waals surface area contributed by atoms with Gasteiger partial charge in [0.15, 0.2) is 0 Å². The third-order valence-electron chi connectivity index (χ3n) is 3.55. The van der Waals surface area contributed by atoms with Crippen molar-refractivity contribution < 1.29 is 9.84 Å². The monoisotopic (exact) mass is 238 g/mol. The SMILES string of the molecule is CCc1cc(CC(O)C(OC)C2CC2)n(C)n1. The van der Waals surface area contributed by atoms with Crippen LogP contribution in [0.2, 0.25) is 0 Å². The summed E-state index contributed by atoms with van der Waals surface area (Å²) >= 11 is 0. The van der Waals surface area contributed by atoms with E-state index in [1.807, 2.05) is 11.7 Å². The van der Waals surface area contributed by atoms with Crippen molar-refractivity contribution in [3.8, 4) is 0 Å². The van der Waals surface area contributed by atoms with E-state index in [4.69, 9.17) is 4.74 Å². The summed E-state index contributed by atoms with van der Waals surface area (Å²) < 4.78 is 7.26. The van der Waals surface area contributed by atoms with Gasteiger partial charge in [0.25, 0.3) is 0 Å². The Morgan fingerprint density at radius 2 is 2.29 bits per heavy atom. The molecule has 17 heavy (non-hydrogen) atoms. The number of ether oxygens (including phenoxy) is 1. The van der Waals surface area contributed by atoms with Crippen LogP contribution in [-0.4, -0.2) is 34.2 Å². The van der Waals surface area contributed by atoms with Gasteiger partial charge in [0.2, 0.25) is 0 Å². The first kappa shape index (κ1) is 12.6. The molecule has 4 heteroatoms. The summed E-state index contributed by atoms with van der Waals surface area (Å²) in [6.07, 6.45) is 3.48. The van der Waals surface area contributed by atoms with Gasteiger partial charge in [-0.15, -0.1) is 0 Å². The average molecular weight is 238 g/mol. The minimum atomic E-state index is -0.424. The summed E-state index contributed by atoms with van der Waals surface area (Å²) in [5, 5.41) is 14.6. The Hall–Kier alpha value is -0.870. The molecule has 1 aromatic heterocycles. The molecule has 96 valence electrons. The fraction of sp³-hybridized carbons (Fsp3) is 0.769. The fourth-order valence-corrected chi connectivity index (χ4v) is 2.35. The van der Waals surface area contributed by atoms with Crippen LogP contribution in [0.15, 0.2) is 6.07 Å². The number of aromatic nitrogens is 2. The zero-order chi connectivity index (χ0) is 12.4. The highest BCUT2D eigenvalue weighted by atomic mass is 16.5. The summed E-state index contributed by atoms with van der Waals surface area (Å²) in [5.74, 6) is 0.550. The van der Waals surface area contributed by atoms with Crippen molar-refractivity contribution in [2.45, 2.75) is 44.8 Å². The highest BCUT2D eigenvalue weighted by Gasteiger charge is 2.36. The standard InChI is InChI=1S/C13H22N2O2/c1-4-10-7-11(15(2)14-10)8-12(16)13(17-3)9-5-6-9/h7,9,12-13,16H,4-6,8H2,1-3H3. The molecule has 0 spiro atoms. The van der Waals surface area contributed by atoms with Gasteiger partial charge in [-0.3, -0.25) is 4.68 Å². The molecule has 1 aromatic rings. The van der Waals surface area contributed by atoms with Gasteiger partial charge in [-0.25, -0.2) is 0 Å². The van der Waals surface area contributed by atoms with E-state index in [1.165, 1.54) is 12.8 Å². The Morgan fingerprint density at radius 1 is 1.59 bits per heavy atom. The van der Waals surface area contributed by atoms with E-state index in [2.05, 4.69) is 18.1 Å². The van der Waals surface area contributed by atoms with Gasteiger partial charge >= 0.3 is 0 Å². The summed E-state index contributed by atoms with van der Waals surface area (Å²) in [7, 11) is 3.62. The zero-order valence-electron chi connectivity index (χ0n) is 10.9. The fourth-order valence-electron chi connectivity index (χ4n) is 2.35. The Bertz CT molecular complexity index is 371. The molecule has 0 bridgehead atoms. The van der Waals surface area contributed by atoms with E-state index < -0.39 is 6.10 Å². The minimum Gasteiger partial charge on any atom is -0.390 e. The predicted octanol–water partition coefficient (Wildman–Crippen LogP) is 1.31. The van der Waals surface area contributed by atoms with Crippen molar-refractivity contribution in [2.75, 3.05) is 7.11 Å². The van der Waals surface area contributed by atoms with Crippen LogP contribution in [0.4, 0.5) is 0 Å². The number of methoxy groups -OCH3 is 1. The van der Waals surface area contributed by atoms with Crippen LogP contribution in [0.5, 0.6) is 0 Å². The van der Waals surface area contributed by atoms with Crippen molar-refractivity contribution >= 4 is 0 Å². The summed E-state index contributed by atoms with van der Waals surface area (Å²) in [4.78, 5) is 0. The topological polar surface area (TPSA) is 47.3 Å². The van der Waals surface area contributed by atoms with Gasteiger partial charge in [-0.2, -0.15) is 5.10 Å². The molecule has 2 atom stereocenters. The van der Waals surface area contributed by atoms with Gasteiger partial charge in [-0.05, 0) is 31.2 Å². The lowest BCUT2D eigenvalue weighted by Crippen LogP contribution is -2.32. The average Bonchev–Trinajstić information content (AvgIpc) is 3.06. The highest BCUT2D eigenvalue weighted by molar-refractivity contribution is 5.11. The first-order valence-corrected chi connectivity index (χ1v) is 6.38. The quantitative estimate of drug-likeness (QED) is 0.813. The van der Waals surface area contributed by atoms with Crippen molar-refractivity contribution in [3.05, 3.63) is 17.5 Å². The molecule has 1 fully saturated rings. The number of hydrogen-bond donors (Lipinski definition) is 1. The van der Waals surface area contributed by atoms with Gasteiger partial charge in [-0.1, -0.05) is 6.92 Å². The Kier molecular flexibility index (Phi) is 3.84. The largest absolute Gasteiger partial charge is 0.390 e. The second kappa shape index (κ2) is 5.19. The Balaban J connectivity index is 2.00. The van der Waals surface area contributed by atoms with E-state index in [9.17, 15) is 5.11 Å². The third-order valence-corrected chi connectivity index (χ3v) is 3.55. The van der Waals surface area contributed by atoms with Crippen molar-refractivity contribution in [1.29, 1.82) is 0 Å². The molecule has 0 radical (unpaired) electrons. The van der Waals surface area contributed by atoms with E-state index in [0.29, 0.717) is 12.3 Å². The first-order valence-electron chi connectivity index (χ1n) is 6.38. The molecule has 0 saturated heterocycles. The van der Waals surface area contributed by atoms with Crippen LogP contribution >= 0.6 is 0 Å². The van der Waals surface area contributed by atoms with E-state index in [1.54, 1.807) is 7.11 Å². The maximum Gasteiger partial charge on any atom is 0.0862 e. The molecule has 0 amide bonds. The number of aliphatic hydroxyl groups excluding tert-OH is 1. The maximum absolute atomic E-state index is 10.2. The van der Waals surface area contributed by atoms with Crippen LogP contribution in [-0.2, 0) is 24.6 Å². The molecule has 2 rings (SSSR count). The van der Waals surface area contributed by atoms with Crippen LogP contribution in [0.25, 0.3) is 0 Å². The molecule has 1 aliphatic carbocycles. The van der Waals surface area contributed by atoms with Crippen LogP contribution in [0.1, 0.15) is 31.2 Å². The third kappa shape index (κ3) is 2.87. The van der Waals surface area contributed by atoms with E-state index >= 15 is 0 Å². The molecule has 0 aromatic carbocycles. The lowest BCUT2D eigenvalue weighted by Gasteiger charge is -2.21. The molecular formula is C13H22N2O2. The molecule has 1 heterocycles. The number of aryl methyl sites for hydroxylation is 2. The summed E-state index contributed by atoms with van der Waals surface area (Å²) in [6, 6.07) is 2.07. The summed E-state index contributed by atoms with van der Waals surface area (Å²) in [6.45, 7) is 2.09. The predicted molar refractivity (Wildman–Crippen MR) is 65.8 cm³/mol. The van der Waals surface area contributed by atoms with Crippen LogP contribution < -0.4 is 0 Å². The number of nitrogens with zero attached hydrogens (tertiary/aromatic N) is 2. The zero-order valence-corrected chi connectivity index (χ0v) is 10.9. The lowest BCUT2D eigenvalue weighted by atomic mass is 10.0. The molecule has 1 N–H and O–H groups in total. The van der Waals surface area contributed by atoms with Crippen LogP contribution in [0, 0.1) is 5.92 Å². The first-order chi connectivity index (χ1) is 8.15. The van der Waals surface area contributed by atoms with E-state index in [0.717, 1.165) is 17.8 Å². The van der Waals surface area contributed by atoms with Gasteiger partial charge < -0.3 is 9.84 Å². The second-order valence-electron chi connectivity index (χ2n) is 4.91. The molecular weight excluding hydrogens is 216 g/mol. The normalized spacial score (nSPS) is 19.3. The van der Waals surface area contributed by atoms with Gasteiger partial charge in [0, 0.05) is 26.3 Å². The molecule has 2 unspecified atom stereocenters. The lowest BCUT2D eigenvalue weighted by molar-refractivity contribution is -0.0245. The molecule has 0 aliphatic heterocycles. The molecule has 4 nitrogen and oxygen atoms in total. The van der Waals surface area contributed by atoms with Crippen molar-refractivity contribution in [3.63, 3.8) is 0 Å². The highest BCUT2D eigenvalue weighted by Crippen LogP contribution is 2.36. The smallest absolute Gasteiger partial charge is 0.0862 e. The van der Waals surface area contributed by atoms with Gasteiger partial charge in [0.05, 0.1) is 17.9 Å². The van der Waals surface area contributed by atoms with Crippen molar-refractivity contribution in [1.82, 2.24) is 9.78 Å². The molecule has 1 aliphatic rings. The van der Waals surface area contributed by atoms with Gasteiger partial charge in [0.1, 0.15) is 0 Å². The van der Waals surface area contributed by atoms with Crippen molar-refractivity contribution in [2.24, 2.45) is 13.0 Å². The number of aliphatic hydroxyl groups is 1. The Labute approximate surface area is 103 Å².